The average molecular weight is 311 g/mol. The number of rotatable bonds is 1. The summed E-state index contributed by atoms with van der Waals surface area (Å²) in [7, 11) is 0. The van der Waals surface area contributed by atoms with E-state index in [9.17, 15) is 9.59 Å². The number of hydrogen-bond donors (Lipinski definition) is 0. The number of piperidine rings is 1. The van der Waals surface area contributed by atoms with Gasteiger partial charge in [0.2, 0.25) is 0 Å². The van der Waals surface area contributed by atoms with Crippen molar-refractivity contribution in [3.63, 3.8) is 0 Å². The highest BCUT2D eigenvalue weighted by molar-refractivity contribution is 5.96. The fraction of sp³-hybridized carbons (Fsp3) is 0.875. The van der Waals surface area contributed by atoms with Crippen LogP contribution in [0.5, 0.6) is 0 Å². The quantitative estimate of drug-likeness (QED) is 0.688. The molecule has 0 aliphatic carbocycles. The molecule has 6 heteroatoms. The van der Waals surface area contributed by atoms with Gasteiger partial charge in [0.1, 0.15) is 11.7 Å². The summed E-state index contributed by atoms with van der Waals surface area (Å²) in [4.78, 5) is 27.3. The molecule has 0 bridgehead atoms. The predicted octanol–water partition coefficient (Wildman–Crippen LogP) is 1.61. The molecule has 0 radical (unpaired) electrons. The van der Waals surface area contributed by atoms with Crippen LogP contribution in [0.4, 0.5) is 0 Å². The number of nitrogens with zero attached hydrogens (tertiary/aromatic N) is 1. The lowest BCUT2D eigenvalue weighted by molar-refractivity contribution is -0.200. The molecule has 3 atom stereocenters. The van der Waals surface area contributed by atoms with Gasteiger partial charge in [-0.05, 0) is 53.9 Å². The molecule has 3 aliphatic heterocycles. The molecule has 3 saturated heterocycles. The van der Waals surface area contributed by atoms with Crippen LogP contribution in [-0.2, 0) is 23.8 Å². The van der Waals surface area contributed by atoms with E-state index in [4.69, 9.17) is 14.2 Å². The summed E-state index contributed by atoms with van der Waals surface area (Å²) in [6, 6.07) is 0. The van der Waals surface area contributed by atoms with Crippen molar-refractivity contribution in [3.05, 3.63) is 0 Å². The molecule has 0 aromatic heterocycles. The SMILES string of the molecule is CC(C)(C)OC(=O)[C@]12CCCCN1C(=O)[C@@H]1OC(C)(C)O[C@@H]12. The van der Waals surface area contributed by atoms with Crippen LogP contribution in [0.15, 0.2) is 0 Å². The Morgan fingerprint density at radius 2 is 1.95 bits per heavy atom. The molecular formula is C16H25NO5. The second-order valence-electron chi connectivity index (χ2n) is 7.85. The van der Waals surface area contributed by atoms with Crippen LogP contribution in [0.2, 0.25) is 0 Å². The molecule has 3 rings (SSSR count). The van der Waals surface area contributed by atoms with Crippen molar-refractivity contribution in [2.75, 3.05) is 6.54 Å². The molecule has 3 aliphatic rings. The molecular weight excluding hydrogens is 286 g/mol. The molecule has 3 fully saturated rings. The summed E-state index contributed by atoms with van der Waals surface area (Å²) in [5.41, 5.74) is -1.65. The van der Waals surface area contributed by atoms with Crippen molar-refractivity contribution in [1.29, 1.82) is 0 Å². The van der Waals surface area contributed by atoms with Crippen LogP contribution in [0.1, 0.15) is 53.9 Å². The first kappa shape index (κ1) is 15.7. The van der Waals surface area contributed by atoms with Crippen LogP contribution < -0.4 is 0 Å². The van der Waals surface area contributed by atoms with E-state index in [1.807, 2.05) is 20.8 Å². The van der Waals surface area contributed by atoms with Gasteiger partial charge in [0.05, 0.1) is 0 Å². The molecule has 0 unspecified atom stereocenters. The number of amides is 1. The third-order valence-electron chi connectivity index (χ3n) is 4.50. The largest absolute Gasteiger partial charge is 0.458 e. The standard InChI is InChI=1S/C16H25NO5/c1-14(2,3)22-13(19)16-8-6-7-9-17(16)12(18)10-11(16)21-15(4,5)20-10/h10-11H,6-9H2,1-5H3/t10-,11+,16-/m1/s1. The Hall–Kier alpha value is -1.14. The zero-order valence-electron chi connectivity index (χ0n) is 14.0. The second-order valence-corrected chi connectivity index (χ2v) is 7.85. The van der Waals surface area contributed by atoms with Crippen LogP contribution in [0.3, 0.4) is 0 Å². The Morgan fingerprint density at radius 1 is 1.27 bits per heavy atom. The molecule has 0 spiro atoms. The maximum atomic E-state index is 13.0. The van der Waals surface area contributed by atoms with E-state index in [1.165, 1.54) is 0 Å². The van der Waals surface area contributed by atoms with E-state index in [0.29, 0.717) is 13.0 Å². The van der Waals surface area contributed by atoms with Gasteiger partial charge < -0.3 is 19.1 Å². The van der Waals surface area contributed by atoms with Crippen LogP contribution in [-0.4, -0.2) is 52.5 Å². The third kappa shape index (κ3) is 2.24. The van der Waals surface area contributed by atoms with Gasteiger partial charge in [0.25, 0.3) is 5.91 Å². The van der Waals surface area contributed by atoms with Gasteiger partial charge in [-0.2, -0.15) is 0 Å². The number of carbonyl (C=O) groups is 2. The Morgan fingerprint density at radius 3 is 2.59 bits per heavy atom. The van der Waals surface area contributed by atoms with Crippen molar-refractivity contribution in [2.24, 2.45) is 0 Å². The summed E-state index contributed by atoms with van der Waals surface area (Å²) in [6.07, 6.45) is 1.02. The predicted molar refractivity (Wildman–Crippen MR) is 78.0 cm³/mol. The van der Waals surface area contributed by atoms with Crippen LogP contribution >= 0.6 is 0 Å². The number of hydrogen-bond acceptors (Lipinski definition) is 5. The lowest BCUT2D eigenvalue weighted by atomic mass is 9.83. The smallest absolute Gasteiger partial charge is 0.335 e. The van der Waals surface area contributed by atoms with Gasteiger partial charge in [-0.25, -0.2) is 4.79 Å². The summed E-state index contributed by atoms with van der Waals surface area (Å²) in [5.74, 6) is -1.38. The summed E-state index contributed by atoms with van der Waals surface area (Å²) >= 11 is 0. The number of fused-ring (bicyclic) bond motifs is 3. The van der Waals surface area contributed by atoms with Gasteiger partial charge in [-0.3, -0.25) is 4.79 Å². The topological polar surface area (TPSA) is 65.1 Å². The highest BCUT2D eigenvalue weighted by Crippen LogP contribution is 2.48. The highest BCUT2D eigenvalue weighted by atomic mass is 16.8. The molecule has 6 nitrogen and oxygen atoms in total. The van der Waals surface area contributed by atoms with Gasteiger partial charge in [0.15, 0.2) is 17.4 Å². The minimum Gasteiger partial charge on any atom is -0.458 e. The third-order valence-corrected chi connectivity index (χ3v) is 4.50. The fourth-order valence-electron chi connectivity index (χ4n) is 3.74. The van der Waals surface area contributed by atoms with Crippen LogP contribution in [0.25, 0.3) is 0 Å². The first-order valence-corrected chi connectivity index (χ1v) is 7.97. The Labute approximate surface area is 131 Å². The van der Waals surface area contributed by atoms with Gasteiger partial charge in [-0.1, -0.05) is 0 Å². The molecule has 0 aromatic carbocycles. The van der Waals surface area contributed by atoms with E-state index < -0.39 is 29.1 Å². The normalized spacial score (nSPS) is 37.0. The number of ether oxygens (including phenoxy) is 3. The Bertz CT molecular complexity index is 509. The molecule has 0 aromatic rings. The lowest BCUT2D eigenvalue weighted by Gasteiger charge is -2.43. The van der Waals surface area contributed by atoms with Gasteiger partial charge in [-0.15, -0.1) is 0 Å². The Kier molecular flexibility index (Phi) is 3.35. The molecule has 124 valence electrons. The number of carbonyl (C=O) groups excluding carboxylic acids is 2. The molecule has 1 amide bonds. The monoisotopic (exact) mass is 311 g/mol. The Balaban J connectivity index is 2.00. The zero-order chi connectivity index (χ0) is 16.3. The summed E-state index contributed by atoms with van der Waals surface area (Å²) in [5, 5.41) is 0. The van der Waals surface area contributed by atoms with Crippen molar-refractivity contribution >= 4 is 11.9 Å². The van der Waals surface area contributed by atoms with Crippen molar-refractivity contribution in [2.45, 2.75) is 83.0 Å². The van der Waals surface area contributed by atoms with E-state index in [2.05, 4.69) is 0 Å². The molecule has 0 saturated carbocycles. The van der Waals surface area contributed by atoms with E-state index in [-0.39, 0.29) is 11.9 Å². The fourth-order valence-corrected chi connectivity index (χ4v) is 3.74. The van der Waals surface area contributed by atoms with Crippen molar-refractivity contribution < 1.29 is 23.8 Å². The van der Waals surface area contributed by atoms with E-state index >= 15 is 0 Å². The number of esters is 1. The maximum Gasteiger partial charge on any atom is 0.335 e. The highest BCUT2D eigenvalue weighted by Gasteiger charge is 2.70. The minimum atomic E-state index is -1.04. The lowest BCUT2D eigenvalue weighted by Crippen LogP contribution is -2.62. The maximum absolute atomic E-state index is 13.0. The van der Waals surface area contributed by atoms with Gasteiger partial charge >= 0.3 is 5.97 Å². The van der Waals surface area contributed by atoms with E-state index in [0.717, 1.165) is 12.8 Å². The van der Waals surface area contributed by atoms with Crippen molar-refractivity contribution in [3.8, 4) is 0 Å². The van der Waals surface area contributed by atoms with E-state index in [1.54, 1.807) is 18.7 Å². The van der Waals surface area contributed by atoms with Crippen LogP contribution in [0, 0.1) is 0 Å². The molecule has 3 heterocycles. The first-order chi connectivity index (χ1) is 10.1. The molecule has 0 N–H and O–H groups in total. The summed E-state index contributed by atoms with van der Waals surface area (Å²) in [6.45, 7) is 9.60. The minimum absolute atomic E-state index is 0.152. The zero-order valence-corrected chi connectivity index (χ0v) is 14.0. The molecule has 22 heavy (non-hydrogen) atoms. The van der Waals surface area contributed by atoms with Gasteiger partial charge in [0, 0.05) is 6.54 Å². The van der Waals surface area contributed by atoms with Crippen molar-refractivity contribution in [1.82, 2.24) is 4.90 Å². The summed E-state index contributed by atoms with van der Waals surface area (Å²) < 4.78 is 17.4. The first-order valence-electron chi connectivity index (χ1n) is 7.97. The second kappa shape index (κ2) is 4.68. The average Bonchev–Trinajstić information content (AvgIpc) is 2.81.